The summed E-state index contributed by atoms with van der Waals surface area (Å²) in [5.41, 5.74) is 1.21. The predicted molar refractivity (Wildman–Crippen MR) is 93.7 cm³/mol. The number of aryl methyl sites for hydroxylation is 1. The SMILES string of the molecule is O=C1CCc2cc(S(=O)(=O)NCCc3ccc(C(F)(F)F)cc3)ccc2N1. The van der Waals surface area contributed by atoms with E-state index in [1.54, 1.807) is 6.07 Å². The first kappa shape index (κ1) is 19.4. The lowest BCUT2D eigenvalue weighted by atomic mass is 10.0. The van der Waals surface area contributed by atoms with Gasteiger partial charge in [-0.15, -0.1) is 0 Å². The lowest BCUT2D eigenvalue weighted by molar-refractivity contribution is -0.137. The molecule has 0 unspecified atom stereocenters. The average Bonchev–Trinajstić information content (AvgIpc) is 2.60. The van der Waals surface area contributed by atoms with Crippen molar-refractivity contribution in [1.82, 2.24) is 4.72 Å². The van der Waals surface area contributed by atoms with Crippen LogP contribution in [-0.2, 0) is 33.8 Å². The number of nitrogens with one attached hydrogen (secondary N) is 2. The zero-order valence-electron chi connectivity index (χ0n) is 14.1. The van der Waals surface area contributed by atoms with Crippen LogP contribution in [-0.4, -0.2) is 20.9 Å². The first-order chi connectivity index (χ1) is 12.6. The number of carbonyl (C=O) groups is 1. The first-order valence-corrected chi connectivity index (χ1v) is 9.72. The minimum Gasteiger partial charge on any atom is -0.326 e. The molecule has 0 fully saturated rings. The maximum atomic E-state index is 12.5. The van der Waals surface area contributed by atoms with Crippen LogP contribution in [0.15, 0.2) is 47.4 Å². The monoisotopic (exact) mass is 398 g/mol. The van der Waals surface area contributed by atoms with Crippen molar-refractivity contribution >= 4 is 21.6 Å². The molecule has 0 aromatic heterocycles. The van der Waals surface area contributed by atoms with Crippen LogP contribution in [0.25, 0.3) is 0 Å². The molecule has 1 amide bonds. The van der Waals surface area contributed by atoms with Gasteiger partial charge in [0.05, 0.1) is 10.5 Å². The molecule has 3 rings (SSSR count). The van der Waals surface area contributed by atoms with Crippen LogP contribution in [0, 0.1) is 0 Å². The van der Waals surface area contributed by atoms with Crippen LogP contribution >= 0.6 is 0 Å². The van der Waals surface area contributed by atoms with Gasteiger partial charge >= 0.3 is 6.18 Å². The minimum absolute atomic E-state index is 0.0571. The van der Waals surface area contributed by atoms with E-state index in [4.69, 9.17) is 0 Å². The Hall–Kier alpha value is -2.39. The van der Waals surface area contributed by atoms with E-state index in [-0.39, 0.29) is 23.8 Å². The van der Waals surface area contributed by atoms with Gasteiger partial charge in [0.2, 0.25) is 15.9 Å². The van der Waals surface area contributed by atoms with Gasteiger partial charge in [-0.2, -0.15) is 13.2 Å². The Bertz CT molecular complexity index is 955. The van der Waals surface area contributed by atoms with Crippen molar-refractivity contribution in [3.63, 3.8) is 0 Å². The van der Waals surface area contributed by atoms with Crippen molar-refractivity contribution in [2.45, 2.75) is 30.3 Å². The largest absolute Gasteiger partial charge is 0.416 e. The van der Waals surface area contributed by atoms with Crippen LogP contribution < -0.4 is 10.0 Å². The van der Waals surface area contributed by atoms with E-state index in [9.17, 15) is 26.4 Å². The molecule has 0 bridgehead atoms. The Morgan fingerprint density at radius 3 is 2.41 bits per heavy atom. The Kier molecular flexibility index (Phi) is 5.25. The van der Waals surface area contributed by atoms with Crippen molar-refractivity contribution in [2.24, 2.45) is 0 Å². The van der Waals surface area contributed by atoms with Crippen molar-refractivity contribution in [3.05, 3.63) is 59.2 Å². The molecule has 0 spiro atoms. The molecule has 0 saturated heterocycles. The maximum absolute atomic E-state index is 12.5. The lowest BCUT2D eigenvalue weighted by Gasteiger charge is -2.17. The number of hydrogen-bond acceptors (Lipinski definition) is 3. The molecule has 1 heterocycles. The summed E-state index contributed by atoms with van der Waals surface area (Å²) in [6.45, 7) is 0.0571. The normalized spacial score (nSPS) is 14.6. The minimum atomic E-state index is -4.40. The summed E-state index contributed by atoms with van der Waals surface area (Å²) in [6.07, 6.45) is -3.36. The van der Waals surface area contributed by atoms with Crippen LogP contribution in [0.3, 0.4) is 0 Å². The summed E-state index contributed by atoms with van der Waals surface area (Å²) >= 11 is 0. The number of anilines is 1. The van der Waals surface area contributed by atoms with Crippen LogP contribution in [0.4, 0.5) is 18.9 Å². The summed E-state index contributed by atoms with van der Waals surface area (Å²) in [4.78, 5) is 11.4. The van der Waals surface area contributed by atoms with Crippen LogP contribution in [0.1, 0.15) is 23.1 Å². The number of fused-ring (bicyclic) bond motifs is 1. The van der Waals surface area contributed by atoms with Crippen LogP contribution in [0.5, 0.6) is 0 Å². The third-order valence-corrected chi connectivity index (χ3v) is 5.73. The zero-order valence-corrected chi connectivity index (χ0v) is 15.0. The molecule has 2 aromatic rings. The van der Waals surface area contributed by atoms with E-state index in [0.717, 1.165) is 17.7 Å². The van der Waals surface area contributed by atoms with Gasteiger partial charge in [0, 0.05) is 18.7 Å². The average molecular weight is 398 g/mol. The second-order valence-electron chi connectivity index (χ2n) is 6.21. The quantitative estimate of drug-likeness (QED) is 0.813. The van der Waals surface area contributed by atoms with Crippen molar-refractivity contribution in [1.29, 1.82) is 0 Å². The van der Waals surface area contributed by atoms with E-state index in [2.05, 4.69) is 10.0 Å². The molecule has 2 aromatic carbocycles. The summed E-state index contributed by atoms with van der Waals surface area (Å²) < 4.78 is 64.9. The van der Waals surface area contributed by atoms with E-state index in [1.165, 1.54) is 24.3 Å². The topological polar surface area (TPSA) is 75.3 Å². The van der Waals surface area contributed by atoms with Gasteiger partial charge in [0.15, 0.2) is 0 Å². The van der Waals surface area contributed by atoms with Gasteiger partial charge in [-0.05, 0) is 54.3 Å². The smallest absolute Gasteiger partial charge is 0.326 e. The summed E-state index contributed by atoms with van der Waals surface area (Å²) in [5.74, 6) is -0.104. The Morgan fingerprint density at radius 2 is 1.74 bits per heavy atom. The highest BCUT2D eigenvalue weighted by atomic mass is 32.2. The standard InChI is InChI=1S/C18H17F3N2O3S/c19-18(20,21)14-4-1-12(2-5-14)9-10-22-27(25,26)15-6-7-16-13(11-15)3-8-17(24)23-16/h1-2,4-7,11,22H,3,8-10H2,(H,23,24). The molecule has 0 aliphatic carbocycles. The molecule has 1 aliphatic rings. The molecule has 0 atom stereocenters. The number of benzene rings is 2. The third kappa shape index (κ3) is 4.67. The van der Waals surface area contributed by atoms with Gasteiger partial charge in [-0.3, -0.25) is 4.79 Å². The van der Waals surface area contributed by atoms with Crippen molar-refractivity contribution in [2.75, 3.05) is 11.9 Å². The number of hydrogen-bond donors (Lipinski definition) is 2. The van der Waals surface area contributed by atoms with E-state index < -0.39 is 21.8 Å². The molecular formula is C18H17F3N2O3S. The molecule has 5 nitrogen and oxygen atoms in total. The van der Waals surface area contributed by atoms with Crippen molar-refractivity contribution in [3.8, 4) is 0 Å². The molecule has 1 aliphatic heterocycles. The van der Waals surface area contributed by atoms with Gasteiger partial charge in [-0.25, -0.2) is 13.1 Å². The zero-order chi connectivity index (χ0) is 19.7. The highest BCUT2D eigenvalue weighted by Crippen LogP contribution is 2.29. The molecule has 0 saturated carbocycles. The second kappa shape index (κ2) is 7.32. The van der Waals surface area contributed by atoms with E-state index >= 15 is 0 Å². The number of amides is 1. The molecule has 2 N–H and O–H groups in total. The molecule has 144 valence electrons. The highest BCUT2D eigenvalue weighted by molar-refractivity contribution is 7.89. The van der Waals surface area contributed by atoms with Gasteiger partial charge < -0.3 is 5.32 Å². The summed E-state index contributed by atoms with van der Waals surface area (Å²) in [6, 6.07) is 9.09. The molecular weight excluding hydrogens is 381 g/mol. The second-order valence-corrected chi connectivity index (χ2v) is 7.98. The van der Waals surface area contributed by atoms with Crippen molar-refractivity contribution < 1.29 is 26.4 Å². The fourth-order valence-electron chi connectivity index (χ4n) is 2.80. The molecule has 9 heteroatoms. The molecule has 0 radical (unpaired) electrons. The Morgan fingerprint density at radius 1 is 1.04 bits per heavy atom. The number of halogens is 3. The van der Waals surface area contributed by atoms with Crippen LogP contribution in [0.2, 0.25) is 0 Å². The Balaban J connectivity index is 1.63. The fourth-order valence-corrected chi connectivity index (χ4v) is 3.88. The van der Waals surface area contributed by atoms with E-state index in [1.807, 2.05) is 0 Å². The number of alkyl halides is 3. The summed E-state index contributed by atoms with van der Waals surface area (Å²) in [7, 11) is -3.75. The highest BCUT2D eigenvalue weighted by Gasteiger charge is 2.29. The van der Waals surface area contributed by atoms with E-state index in [0.29, 0.717) is 24.1 Å². The Labute approximate surface area is 154 Å². The van der Waals surface area contributed by atoms with Gasteiger partial charge in [0.25, 0.3) is 0 Å². The summed E-state index contributed by atoms with van der Waals surface area (Å²) in [5, 5.41) is 2.68. The number of carbonyl (C=O) groups excluding carboxylic acids is 1. The third-order valence-electron chi connectivity index (χ3n) is 4.27. The predicted octanol–water partition coefficient (Wildman–Crippen LogP) is 3.11. The number of sulfonamides is 1. The van der Waals surface area contributed by atoms with Gasteiger partial charge in [0.1, 0.15) is 0 Å². The fraction of sp³-hybridized carbons (Fsp3) is 0.278. The molecule has 27 heavy (non-hydrogen) atoms. The lowest BCUT2D eigenvalue weighted by Crippen LogP contribution is -2.26. The maximum Gasteiger partial charge on any atom is 0.416 e. The van der Waals surface area contributed by atoms with Gasteiger partial charge in [-0.1, -0.05) is 12.1 Å². The first-order valence-electron chi connectivity index (χ1n) is 8.24. The number of rotatable bonds is 5.